The Kier molecular flexibility index (Phi) is 5.52. The van der Waals surface area contributed by atoms with Crippen LogP contribution in [0.3, 0.4) is 0 Å². The van der Waals surface area contributed by atoms with Crippen molar-refractivity contribution in [3.05, 3.63) is 47.8 Å². The number of benzene rings is 2. The number of ether oxygens (including phenoxy) is 1. The lowest BCUT2D eigenvalue weighted by molar-refractivity contribution is 0.138. The fourth-order valence-corrected chi connectivity index (χ4v) is 5.22. The normalized spacial score (nSPS) is 17.4. The van der Waals surface area contributed by atoms with Crippen LogP contribution in [0.5, 0.6) is 5.75 Å². The highest BCUT2D eigenvalue weighted by Crippen LogP contribution is 2.31. The van der Waals surface area contributed by atoms with Crippen molar-refractivity contribution in [1.29, 1.82) is 0 Å². The molecule has 6 nitrogen and oxygen atoms in total. The molecule has 2 amide bonds. The van der Waals surface area contributed by atoms with Crippen molar-refractivity contribution < 1.29 is 9.53 Å². The fraction of sp³-hybridized carbons (Fsp3) is 0.417. The molecule has 2 aliphatic heterocycles. The monoisotopic (exact) mass is 436 g/mol. The summed E-state index contributed by atoms with van der Waals surface area (Å²) in [5, 5.41) is 0.677. The number of carbonyl (C=O) groups excluding carboxylic acids is 1. The summed E-state index contributed by atoms with van der Waals surface area (Å²) in [5.41, 5.74) is 5.31. The molecule has 3 aromatic rings. The lowest BCUT2D eigenvalue weighted by atomic mass is 10.0. The van der Waals surface area contributed by atoms with Gasteiger partial charge in [0.25, 0.3) is 0 Å². The third kappa shape index (κ3) is 4.11. The molecule has 5 rings (SSSR count). The molecule has 1 aromatic heterocycles. The molecule has 0 atom stereocenters. The SMILES string of the molecule is CSC1CCN(C(=O)N2CCOc3ccc(-c4ccc5nc(C)[nH]c5c4)cc3C2)CC1. The second kappa shape index (κ2) is 8.46. The van der Waals surface area contributed by atoms with E-state index < -0.39 is 0 Å². The molecule has 2 aliphatic rings. The van der Waals surface area contributed by atoms with Crippen LogP contribution in [0, 0.1) is 6.92 Å². The number of carbonyl (C=O) groups is 1. The molecule has 1 fully saturated rings. The van der Waals surface area contributed by atoms with Gasteiger partial charge in [-0.05, 0) is 61.4 Å². The Morgan fingerprint density at radius 3 is 2.68 bits per heavy atom. The van der Waals surface area contributed by atoms with Gasteiger partial charge in [0.1, 0.15) is 18.2 Å². The Morgan fingerprint density at radius 1 is 1.10 bits per heavy atom. The van der Waals surface area contributed by atoms with E-state index in [1.54, 1.807) is 0 Å². The number of aromatic amines is 1. The highest BCUT2D eigenvalue weighted by atomic mass is 32.2. The Balaban J connectivity index is 1.37. The molecule has 0 radical (unpaired) electrons. The Hall–Kier alpha value is -2.67. The number of rotatable bonds is 2. The minimum absolute atomic E-state index is 0.135. The van der Waals surface area contributed by atoms with E-state index >= 15 is 0 Å². The van der Waals surface area contributed by atoms with Gasteiger partial charge in [-0.1, -0.05) is 12.1 Å². The average molecular weight is 437 g/mol. The molecule has 7 heteroatoms. The predicted octanol–water partition coefficient (Wildman–Crippen LogP) is 4.68. The molecule has 0 bridgehead atoms. The number of imidazole rings is 1. The largest absolute Gasteiger partial charge is 0.491 e. The molecule has 2 aromatic carbocycles. The van der Waals surface area contributed by atoms with Crippen molar-refractivity contribution in [2.75, 3.05) is 32.5 Å². The standard InChI is InChI=1S/C24H28N4O2S/c1-16-25-21-5-3-18(14-22(21)26-16)17-4-6-23-19(13-17)15-28(11-12-30-23)24(29)27-9-7-20(31-2)8-10-27/h3-6,13-14,20H,7-12,15H2,1-2H3,(H,25,26). The Labute approximate surface area is 187 Å². The molecule has 1 saturated heterocycles. The van der Waals surface area contributed by atoms with Crippen LogP contribution in [-0.4, -0.2) is 63.5 Å². The van der Waals surface area contributed by atoms with Gasteiger partial charge in [-0.15, -0.1) is 0 Å². The molecule has 0 saturated carbocycles. The lowest BCUT2D eigenvalue weighted by Gasteiger charge is -2.34. The smallest absolute Gasteiger partial charge is 0.320 e. The van der Waals surface area contributed by atoms with Gasteiger partial charge in [-0.2, -0.15) is 11.8 Å². The van der Waals surface area contributed by atoms with Gasteiger partial charge in [-0.3, -0.25) is 0 Å². The number of hydrogen-bond acceptors (Lipinski definition) is 4. The highest BCUT2D eigenvalue weighted by Gasteiger charge is 2.28. The number of H-pyrrole nitrogens is 1. The maximum absolute atomic E-state index is 13.2. The van der Waals surface area contributed by atoms with Gasteiger partial charge in [0.05, 0.1) is 24.1 Å². The van der Waals surface area contributed by atoms with Crippen molar-refractivity contribution in [1.82, 2.24) is 19.8 Å². The highest BCUT2D eigenvalue weighted by molar-refractivity contribution is 7.99. The topological polar surface area (TPSA) is 61.5 Å². The van der Waals surface area contributed by atoms with Gasteiger partial charge in [0.15, 0.2) is 0 Å². The van der Waals surface area contributed by atoms with Crippen LogP contribution < -0.4 is 4.74 Å². The molecular weight excluding hydrogens is 408 g/mol. The minimum Gasteiger partial charge on any atom is -0.491 e. The Bertz CT molecular complexity index is 1100. The van der Waals surface area contributed by atoms with Gasteiger partial charge < -0.3 is 19.5 Å². The van der Waals surface area contributed by atoms with Crippen LogP contribution >= 0.6 is 11.8 Å². The summed E-state index contributed by atoms with van der Waals surface area (Å²) in [4.78, 5) is 24.9. The lowest BCUT2D eigenvalue weighted by Crippen LogP contribution is -2.47. The number of hydrogen-bond donors (Lipinski definition) is 1. The molecule has 3 heterocycles. The number of piperidine rings is 1. The van der Waals surface area contributed by atoms with Crippen LogP contribution in [0.2, 0.25) is 0 Å². The number of fused-ring (bicyclic) bond motifs is 2. The van der Waals surface area contributed by atoms with Crippen LogP contribution in [0.15, 0.2) is 36.4 Å². The first-order valence-electron chi connectivity index (χ1n) is 10.9. The zero-order chi connectivity index (χ0) is 21.4. The fourth-order valence-electron chi connectivity index (χ4n) is 4.54. The van der Waals surface area contributed by atoms with Crippen molar-refractivity contribution in [2.45, 2.75) is 31.6 Å². The Morgan fingerprint density at radius 2 is 1.87 bits per heavy atom. The third-order valence-electron chi connectivity index (χ3n) is 6.29. The van der Waals surface area contributed by atoms with Crippen LogP contribution in [0.1, 0.15) is 24.2 Å². The van der Waals surface area contributed by atoms with Crippen molar-refractivity contribution in [3.8, 4) is 16.9 Å². The summed E-state index contributed by atoms with van der Waals surface area (Å²) in [6.45, 7) is 5.38. The summed E-state index contributed by atoms with van der Waals surface area (Å²) < 4.78 is 5.98. The van der Waals surface area contributed by atoms with Crippen LogP contribution in [-0.2, 0) is 6.54 Å². The second-order valence-electron chi connectivity index (χ2n) is 8.35. The van der Waals surface area contributed by atoms with Gasteiger partial charge in [0.2, 0.25) is 0 Å². The van der Waals surface area contributed by atoms with E-state index in [4.69, 9.17) is 4.74 Å². The molecular formula is C24H28N4O2S. The predicted molar refractivity (Wildman–Crippen MR) is 126 cm³/mol. The van der Waals surface area contributed by atoms with Crippen molar-refractivity contribution in [3.63, 3.8) is 0 Å². The second-order valence-corrected chi connectivity index (χ2v) is 9.49. The van der Waals surface area contributed by atoms with Crippen LogP contribution in [0.4, 0.5) is 4.79 Å². The number of amides is 2. The maximum Gasteiger partial charge on any atom is 0.320 e. The first kappa shape index (κ1) is 20.2. The van der Waals surface area contributed by atoms with Crippen molar-refractivity contribution >= 4 is 28.8 Å². The molecule has 0 spiro atoms. The first-order chi connectivity index (χ1) is 15.1. The molecule has 31 heavy (non-hydrogen) atoms. The molecule has 1 N–H and O–H groups in total. The summed E-state index contributed by atoms with van der Waals surface area (Å²) >= 11 is 1.91. The summed E-state index contributed by atoms with van der Waals surface area (Å²) in [5.74, 6) is 1.79. The molecule has 0 aliphatic carbocycles. The van der Waals surface area contributed by atoms with E-state index in [9.17, 15) is 4.79 Å². The van der Waals surface area contributed by atoms with E-state index in [0.29, 0.717) is 24.9 Å². The average Bonchev–Trinajstić information content (AvgIpc) is 3.04. The van der Waals surface area contributed by atoms with E-state index in [1.165, 1.54) is 0 Å². The maximum atomic E-state index is 13.2. The van der Waals surface area contributed by atoms with E-state index in [1.807, 2.05) is 40.6 Å². The minimum atomic E-state index is 0.135. The van der Waals surface area contributed by atoms with Gasteiger partial charge in [-0.25, -0.2) is 9.78 Å². The number of thioether (sulfide) groups is 1. The number of urea groups is 1. The number of aromatic nitrogens is 2. The zero-order valence-corrected chi connectivity index (χ0v) is 18.9. The molecule has 0 unspecified atom stereocenters. The number of aryl methyl sites for hydroxylation is 1. The first-order valence-corrected chi connectivity index (χ1v) is 12.2. The molecule has 162 valence electrons. The van der Waals surface area contributed by atoms with Crippen molar-refractivity contribution in [2.24, 2.45) is 0 Å². The van der Waals surface area contributed by atoms with Gasteiger partial charge >= 0.3 is 6.03 Å². The summed E-state index contributed by atoms with van der Waals surface area (Å²) in [6, 6.07) is 12.7. The quantitative estimate of drug-likeness (QED) is 0.634. The third-order valence-corrected chi connectivity index (χ3v) is 7.43. The number of nitrogens with one attached hydrogen (secondary N) is 1. The number of likely N-dealkylation sites (tertiary alicyclic amines) is 1. The summed E-state index contributed by atoms with van der Waals surface area (Å²) in [7, 11) is 0. The number of nitrogens with zero attached hydrogens (tertiary/aromatic N) is 3. The van der Waals surface area contributed by atoms with E-state index in [-0.39, 0.29) is 6.03 Å². The summed E-state index contributed by atoms with van der Waals surface area (Å²) in [6.07, 6.45) is 4.31. The van der Waals surface area contributed by atoms with Crippen LogP contribution in [0.25, 0.3) is 22.2 Å². The zero-order valence-electron chi connectivity index (χ0n) is 18.1. The van der Waals surface area contributed by atoms with E-state index in [0.717, 1.165) is 65.2 Å². The van der Waals surface area contributed by atoms with E-state index in [2.05, 4.69) is 40.5 Å². The van der Waals surface area contributed by atoms with Gasteiger partial charge in [0, 0.05) is 23.9 Å².